The molecule has 0 aromatic heterocycles. The number of phosphoric acid groups is 1. The van der Waals surface area contributed by atoms with Gasteiger partial charge >= 0.3 is 13.8 Å². The Morgan fingerprint density at radius 3 is 1.71 bits per heavy atom. The van der Waals surface area contributed by atoms with Crippen LogP contribution in [-0.2, 0) is 32.9 Å². The Morgan fingerprint density at radius 2 is 1.19 bits per heavy atom. The Balaban J connectivity index is 3.69. The average molecular weight is 624 g/mol. The van der Waals surface area contributed by atoms with Gasteiger partial charge in [-0.25, -0.2) is 4.57 Å². The Labute approximate surface area is 255 Å². The highest BCUT2D eigenvalue weighted by molar-refractivity contribution is 7.46. The summed E-state index contributed by atoms with van der Waals surface area (Å²) >= 11 is 0. The van der Waals surface area contributed by atoms with Crippen molar-refractivity contribution in [3.63, 3.8) is 0 Å². The van der Waals surface area contributed by atoms with Crippen LogP contribution in [0, 0.1) is 0 Å². The summed E-state index contributed by atoms with van der Waals surface area (Å²) in [7, 11) is -4.67. The van der Waals surface area contributed by atoms with Crippen molar-refractivity contribution in [2.45, 2.75) is 155 Å². The topological polar surface area (TPSA) is 141 Å². The number of ether oxygens (including phenoxy) is 3. The zero-order chi connectivity index (χ0) is 31.2. The Kier molecular flexibility index (Phi) is 29.3. The van der Waals surface area contributed by atoms with Crippen LogP contribution in [0.2, 0.25) is 0 Å². The second-order valence-corrected chi connectivity index (χ2v) is 12.5. The van der Waals surface area contributed by atoms with Crippen molar-refractivity contribution in [2.75, 3.05) is 33.2 Å². The maximum absolute atomic E-state index is 12.2. The first kappa shape index (κ1) is 41.0. The van der Waals surface area contributed by atoms with Crippen molar-refractivity contribution in [1.82, 2.24) is 5.32 Å². The normalized spacial score (nSPS) is 12.4. The molecular formula is C31H62NO9P. The predicted molar refractivity (Wildman–Crippen MR) is 166 cm³/mol. The number of hydrogen-bond donors (Lipinski definition) is 3. The first-order valence-electron chi connectivity index (χ1n) is 16.5. The number of phosphoric ester groups is 1. The van der Waals surface area contributed by atoms with Crippen LogP contribution in [0.25, 0.3) is 0 Å². The Hall–Kier alpha value is -1.03. The molecule has 0 radical (unpaired) electrons. The van der Waals surface area contributed by atoms with Crippen molar-refractivity contribution in [2.24, 2.45) is 0 Å². The lowest BCUT2D eigenvalue weighted by Gasteiger charge is -2.18. The second kappa shape index (κ2) is 30.0. The third kappa shape index (κ3) is 33.5. The molecule has 10 nitrogen and oxygen atoms in total. The summed E-state index contributed by atoms with van der Waals surface area (Å²) in [6.45, 7) is 4.65. The van der Waals surface area contributed by atoms with Crippen LogP contribution >= 0.6 is 7.82 Å². The largest absolute Gasteiger partial charge is 0.469 e. The van der Waals surface area contributed by atoms with Gasteiger partial charge in [-0.2, -0.15) is 0 Å². The molecule has 3 N–H and O–H groups in total. The van der Waals surface area contributed by atoms with Crippen LogP contribution in [0.3, 0.4) is 0 Å². The minimum absolute atomic E-state index is 0.0248. The van der Waals surface area contributed by atoms with Gasteiger partial charge in [0.05, 0.1) is 13.2 Å². The molecule has 0 unspecified atom stereocenters. The molecule has 0 aliphatic heterocycles. The zero-order valence-electron chi connectivity index (χ0n) is 26.7. The predicted octanol–water partition coefficient (Wildman–Crippen LogP) is 7.35. The number of carbonyl (C=O) groups is 2. The maximum atomic E-state index is 12.2. The summed E-state index contributed by atoms with van der Waals surface area (Å²) in [6, 6.07) is 0. The SMILES string of the molecule is CCCCCCCCCC(=O)O[C@@H](COCOCCCCCCCCCCCCCCCNC(C)=O)COP(=O)(O)O. The van der Waals surface area contributed by atoms with E-state index in [0.717, 1.165) is 45.1 Å². The van der Waals surface area contributed by atoms with Crippen LogP contribution < -0.4 is 5.32 Å². The van der Waals surface area contributed by atoms with E-state index in [0.29, 0.717) is 6.61 Å². The molecule has 0 spiro atoms. The van der Waals surface area contributed by atoms with Crippen LogP contribution in [-0.4, -0.2) is 60.9 Å². The fraction of sp³-hybridized carbons (Fsp3) is 0.935. The quantitative estimate of drug-likeness (QED) is 0.0304. The van der Waals surface area contributed by atoms with Crippen molar-refractivity contribution in [3.8, 4) is 0 Å². The fourth-order valence-corrected chi connectivity index (χ4v) is 4.96. The molecule has 0 aromatic rings. The molecule has 1 atom stereocenters. The van der Waals surface area contributed by atoms with Gasteiger partial charge in [0.15, 0.2) is 0 Å². The van der Waals surface area contributed by atoms with Crippen LogP contribution in [0.15, 0.2) is 0 Å². The molecule has 0 fully saturated rings. The van der Waals surface area contributed by atoms with Gasteiger partial charge in [0.25, 0.3) is 0 Å². The first-order valence-corrected chi connectivity index (χ1v) is 18.1. The number of unbranched alkanes of at least 4 members (excludes halogenated alkanes) is 18. The minimum Gasteiger partial charge on any atom is -0.457 e. The second-order valence-electron chi connectivity index (χ2n) is 11.2. The number of nitrogens with one attached hydrogen (secondary N) is 1. The maximum Gasteiger partial charge on any atom is 0.469 e. The van der Waals surface area contributed by atoms with Crippen molar-refractivity contribution in [3.05, 3.63) is 0 Å². The lowest BCUT2D eigenvalue weighted by atomic mass is 10.0. The first-order chi connectivity index (χ1) is 20.2. The summed E-state index contributed by atoms with van der Waals surface area (Å²) in [5.74, 6) is -0.361. The van der Waals surface area contributed by atoms with Crippen LogP contribution in [0.1, 0.15) is 149 Å². The summed E-state index contributed by atoms with van der Waals surface area (Å²) in [6.07, 6.45) is 22.7. The summed E-state index contributed by atoms with van der Waals surface area (Å²) in [5.41, 5.74) is 0. The van der Waals surface area contributed by atoms with E-state index in [1.807, 2.05) is 0 Å². The van der Waals surface area contributed by atoms with E-state index in [-0.39, 0.29) is 25.7 Å². The molecule has 1 amide bonds. The van der Waals surface area contributed by atoms with E-state index in [2.05, 4.69) is 16.8 Å². The molecule has 42 heavy (non-hydrogen) atoms. The molecular weight excluding hydrogens is 561 g/mol. The highest BCUT2D eigenvalue weighted by atomic mass is 31.2. The van der Waals surface area contributed by atoms with Gasteiger partial charge in [-0.05, 0) is 19.3 Å². The smallest absolute Gasteiger partial charge is 0.457 e. The monoisotopic (exact) mass is 623 g/mol. The highest BCUT2D eigenvalue weighted by Crippen LogP contribution is 2.35. The number of amides is 1. The Bertz CT molecular complexity index is 675. The third-order valence-electron chi connectivity index (χ3n) is 7.02. The molecule has 250 valence electrons. The van der Waals surface area contributed by atoms with Gasteiger partial charge in [-0.1, -0.05) is 116 Å². The van der Waals surface area contributed by atoms with E-state index < -0.39 is 26.5 Å². The van der Waals surface area contributed by atoms with Gasteiger partial charge in [0.2, 0.25) is 5.91 Å². The highest BCUT2D eigenvalue weighted by Gasteiger charge is 2.21. The van der Waals surface area contributed by atoms with E-state index in [1.54, 1.807) is 6.92 Å². The summed E-state index contributed by atoms with van der Waals surface area (Å²) in [5, 5.41) is 2.84. The third-order valence-corrected chi connectivity index (χ3v) is 7.51. The van der Waals surface area contributed by atoms with E-state index in [1.165, 1.54) is 89.9 Å². The number of hydrogen-bond acceptors (Lipinski definition) is 7. The van der Waals surface area contributed by atoms with Gasteiger partial charge < -0.3 is 29.3 Å². The van der Waals surface area contributed by atoms with Gasteiger partial charge in [0, 0.05) is 26.5 Å². The molecule has 0 bridgehead atoms. The van der Waals surface area contributed by atoms with Gasteiger partial charge in [-0.3, -0.25) is 14.1 Å². The minimum atomic E-state index is -4.67. The molecule has 0 rings (SSSR count). The lowest BCUT2D eigenvalue weighted by Crippen LogP contribution is -2.28. The number of esters is 1. The zero-order valence-corrected chi connectivity index (χ0v) is 27.6. The van der Waals surface area contributed by atoms with E-state index in [4.69, 9.17) is 24.0 Å². The number of carbonyl (C=O) groups excluding carboxylic acids is 2. The summed E-state index contributed by atoms with van der Waals surface area (Å²) < 4.78 is 31.9. The molecule has 0 heterocycles. The molecule has 0 aliphatic rings. The molecule has 0 saturated carbocycles. The van der Waals surface area contributed by atoms with Gasteiger partial charge in [0.1, 0.15) is 12.9 Å². The van der Waals surface area contributed by atoms with Crippen LogP contribution in [0.4, 0.5) is 0 Å². The van der Waals surface area contributed by atoms with Crippen molar-refractivity contribution >= 4 is 19.7 Å². The average Bonchev–Trinajstić information content (AvgIpc) is 2.93. The lowest BCUT2D eigenvalue weighted by molar-refractivity contribution is -0.158. The fourth-order valence-electron chi connectivity index (χ4n) is 4.60. The van der Waals surface area contributed by atoms with E-state index >= 15 is 0 Å². The molecule has 0 saturated heterocycles. The van der Waals surface area contributed by atoms with Crippen LogP contribution in [0.5, 0.6) is 0 Å². The molecule has 0 aromatic carbocycles. The van der Waals surface area contributed by atoms with Crippen molar-refractivity contribution < 1.29 is 42.7 Å². The van der Waals surface area contributed by atoms with Crippen molar-refractivity contribution in [1.29, 1.82) is 0 Å². The standard InChI is InChI=1S/C31H62NO9P/c1-3-4-5-6-14-17-20-23-31(34)41-30(27-40-42(35,36)37)26-39-28-38-25-22-19-16-13-11-9-7-8-10-12-15-18-21-24-32-29(2)33/h30H,3-28H2,1-2H3,(H,32,33)(H2,35,36,37)/t30-/m0/s1. The Morgan fingerprint density at radius 1 is 0.690 bits per heavy atom. The molecule has 11 heteroatoms. The summed E-state index contributed by atoms with van der Waals surface area (Å²) in [4.78, 5) is 40.9. The number of rotatable bonds is 32. The van der Waals surface area contributed by atoms with E-state index in [9.17, 15) is 14.2 Å². The van der Waals surface area contributed by atoms with Gasteiger partial charge in [-0.15, -0.1) is 0 Å². The molecule has 0 aliphatic carbocycles.